The van der Waals surface area contributed by atoms with Crippen LogP contribution in [0.25, 0.3) is 16.9 Å². The van der Waals surface area contributed by atoms with Gasteiger partial charge in [0.05, 0.1) is 18.5 Å². The van der Waals surface area contributed by atoms with E-state index in [2.05, 4.69) is 60.2 Å². The van der Waals surface area contributed by atoms with E-state index >= 15 is 0 Å². The van der Waals surface area contributed by atoms with Gasteiger partial charge < -0.3 is 10.1 Å². The molecule has 1 aliphatic heterocycles. The van der Waals surface area contributed by atoms with Crippen molar-refractivity contribution in [2.45, 2.75) is 26.2 Å². The molecule has 1 aromatic heterocycles. The van der Waals surface area contributed by atoms with Crippen molar-refractivity contribution in [3.05, 3.63) is 59.7 Å². The first-order chi connectivity index (χ1) is 12.2. The van der Waals surface area contributed by atoms with Crippen molar-refractivity contribution in [3.63, 3.8) is 0 Å². The van der Waals surface area contributed by atoms with Crippen molar-refractivity contribution >= 4 is 5.82 Å². The van der Waals surface area contributed by atoms with Gasteiger partial charge in [-0.15, -0.1) is 0 Å². The van der Waals surface area contributed by atoms with Gasteiger partial charge in [-0.2, -0.15) is 5.10 Å². The van der Waals surface area contributed by atoms with Crippen LogP contribution in [-0.4, -0.2) is 23.4 Å². The first-order valence-corrected chi connectivity index (χ1v) is 8.78. The fourth-order valence-corrected chi connectivity index (χ4v) is 3.52. The number of fused-ring (bicyclic) bond motifs is 1. The van der Waals surface area contributed by atoms with Crippen LogP contribution in [-0.2, 0) is 6.42 Å². The van der Waals surface area contributed by atoms with Gasteiger partial charge in [0.15, 0.2) is 0 Å². The topological polar surface area (TPSA) is 39.1 Å². The quantitative estimate of drug-likeness (QED) is 0.756. The Morgan fingerprint density at radius 1 is 1.12 bits per heavy atom. The van der Waals surface area contributed by atoms with Crippen LogP contribution in [0.15, 0.2) is 48.5 Å². The number of nitrogens with zero attached hydrogens (tertiary/aromatic N) is 2. The van der Waals surface area contributed by atoms with Gasteiger partial charge in [0, 0.05) is 17.7 Å². The van der Waals surface area contributed by atoms with Crippen LogP contribution in [0.1, 0.15) is 30.9 Å². The zero-order chi connectivity index (χ0) is 17.4. The molecule has 0 saturated heterocycles. The molecule has 2 heterocycles. The number of hydrogen-bond donors (Lipinski definition) is 1. The van der Waals surface area contributed by atoms with E-state index in [1.807, 2.05) is 12.1 Å². The number of anilines is 1. The predicted octanol–water partition coefficient (Wildman–Crippen LogP) is 4.64. The van der Waals surface area contributed by atoms with Crippen LogP contribution in [0.3, 0.4) is 0 Å². The van der Waals surface area contributed by atoms with Crippen LogP contribution < -0.4 is 10.1 Å². The number of para-hydroxylation sites is 1. The third kappa shape index (κ3) is 2.68. The normalized spacial score (nSPS) is 13.0. The molecule has 4 heteroatoms. The number of methoxy groups -OCH3 is 1. The van der Waals surface area contributed by atoms with E-state index in [9.17, 15) is 0 Å². The minimum Gasteiger partial charge on any atom is -0.497 e. The molecule has 0 amide bonds. The molecule has 0 aliphatic carbocycles. The average Bonchev–Trinajstić information content (AvgIpc) is 3.24. The molecular formula is C21H23N3O. The number of benzene rings is 2. The van der Waals surface area contributed by atoms with Gasteiger partial charge in [0.25, 0.3) is 0 Å². The van der Waals surface area contributed by atoms with Crippen LogP contribution in [0.4, 0.5) is 5.82 Å². The minimum absolute atomic E-state index is 0.442. The second kappa shape index (κ2) is 6.28. The van der Waals surface area contributed by atoms with Crippen molar-refractivity contribution in [1.82, 2.24) is 9.78 Å². The van der Waals surface area contributed by atoms with Gasteiger partial charge in [-0.05, 0) is 36.1 Å². The van der Waals surface area contributed by atoms with E-state index in [1.165, 1.54) is 11.1 Å². The molecule has 0 saturated carbocycles. The van der Waals surface area contributed by atoms with E-state index in [-0.39, 0.29) is 0 Å². The molecule has 0 spiro atoms. The van der Waals surface area contributed by atoms with E-state index in [4.69, 9.17) is 9.84 Å². The standard InChI is InChI=1S/C21H23N3O/c1-14(2)17-9-4-5-10-19(17)24-21-18(11-12-22-21)20(23-24)15-7-6-8-16(13-15)25-3/h4-10,13-14,22H,11-12H2,1-3H3. The fourth-order valence-electron chi connectivity index (χ4n) is 3.52. The second-order valence-electron chi connectivity index (χ2n) is 6.71. The van der Waals surface area contributed by atoms with Gasteiger partial charge >= 0.3 is 0 Å². The zero-order valence-corrected chi connectivity index (χ0v) is 14.9. The lowest BCUT2D eigenvalue weighted by atomic mass is 10.0. The highest BCUT2D eigenvalue weighted by atomic mass is 16.5. The van der Waals surface area contributed by atoms with Gasteiger partial charge in [0.1, 0.15) is 11.6 Å². The summed E-state index contributed by atoms with van der Waals surface area (Å²) in [4.78, 5) is 0. The van der Waals surface area contributed by atoms with Crippen LogP contribution in [0, 0.1) is 0 Å². The largest absolute Gasteiger partial charge is 0.497 e. The van der Waals surface area contributed by atoms with E-state index < -0.39 is 0 Å². The maximum atomic E-state index is 5.39. The van der Waals surface area contributed by atoms with E-state index in [0.29, 0.717) is 5.92 Å². The number of hydrogen-bond acceptors (Lipinski definition) is 3. The molecular weight excluding hydrogens is 310 g/mol. The Hall–Kier alpha value is -2.75. The first kappa shape index (κ1) is 15.8. The molecule has 4 rings (SSSR count). The fraction of sp³-hybridized carbons (Fsp3) is 0.286. The Balaban J connectivity index is 1.90. The summed E-state index contributed by atoms with van der Waals surface area (Å²) < 4.78 is 7.46. The maximum absolute atomic E-state index is 5.39. The van der Waals surface area contributed by atoms with E-state index in [1.54, 1.807) is 7.11 Å². The minimum atomic E-state index is 0.442. The smallest absolute Gasteiger partial charge is 0.133 e. The van der Waals surface area contributed by atoms with Crippen molar-refractivity contribution in [2.24, 2.45) is 0 Å². The third-order valence-corrected chi connectivity index (χ3v) is 4.78. The third-order valence-electron chi connectivity index (χ3n) is 4.78. The van der Waals surface area contributed by atoms with Gasteiger partial charge in [-0.3, -0.25) is 0 Å². The lowest BCUT2D eigenvalue weighted by molar-refractivity contribution is 0.415. The molecule has 0 unspecified atom stereocenters. The Labute approximate surface area is 148 Å². The molecule has 3 aromatic rings. The summed E-state index contributed by atoms with van der Waals surface area (Å²) in [7, 11) is 1.70. The Morgan fingerprint density at radius 2 is 1.96 bits per heavy atom. The van der Waals surface area contributed by atoms with Crippen LogP contribution in [0.5, 0.6) is 5.75 Å². The second-order valence-corrected chi connectivity index (χ2v) is 6.71. The van der Waals surface area contributed by atoms with Crippen molar-refractivity contribution < 1.29 is 4.74 Å². The summed E-state index contributed by atoms with van der Waals surface area (Å²) in [6.07, 6.45) is 0.992. The Bertz CT molecular complexity index is 911. The van der Waals surface area contributed by atoms with Crippen molar-refractivity contribution in [3.8, 4) is 22.7 Å². The zero-order valence-electron chi connectivity index (χ0n) is 14.9. The summed E-state index contributed by atoms with van der Waals surface area (Å²) in [6, 6.07) is 16.7. The maximum Gasteiger partial charge on any atom is 0.133 e. The number of nitrogens with one attached hydrogen (secondary N) is 1. The van der Waals surface area contributed by atoms with Gasteiger partial charge in [-0.25, -0.2) is 4.68 Å². The molecule has 4 nitrogen and oxygen atoms in total. The van der Waals surface area contributed by atoms with E-state index in [0.717, 1.165) is 41.5 Å². The first-order valence-electron chi connectivity index (χ1n) is 8.78. The molecule has 2 aromatic carbocycles. The summed E-state index contributed by atoms with van der Waals surface area (Å²) >= 11 is 0. The molecule has 0 fully saturated rings. The van der Waals surface area contributed by atoms with Crippen molar-refractivity contribution in [2.75, 3.05) is 19.0 Å². The number of ether oxygens (including phenoxy) is 1. The molecule has 1 aliphatic rings. The molecule has 0 radical (unpaired) electrons. The monoisotopic (exact) mass is 333 g/mol. The Kier molecular flexibility index (Phi) is 3.96. The summed E-state index contributed by atoms with van der Waals surface area (Å²) in [6.45, 7) is 5.39. The SMILES string of the molecule is COc1cccc(-c2nn(-c3ccccc3C(C)C)c3c2CCN3)c1. The number of aromatic nitrogens is 2. The lowest BCUT2D eigenvalue weighted by Gasteiger charge is -2.14. The van der Waals surface area contributed by atoms with Crippen LogP contribution in [0.2, 0.25) is 0 Å². The summed E-state index contributed by atoms with van der Waals surface area (Å²) in [5.41, 5.74) is 5.88. The summed E-state index contributed by atoms with van der Waals surface area (Å²) in [5, 5.41) is 8.51. The molecule has 1 N–H and O–H groups in total. The highest BCUT2D eigenvalue weighted by molar-refractivity contribution is 5.74. The van der Waals surface area contributed by atoms with Gasteiger partial charge in [0.2, 0.25) is 0 Å². The Morgan fingerprint density at radius 3 is 2.76 bits per heavy atom. The molecule has 0 atom stereocenters. The number of rotatable bonds is 4. The predicted molar refractivity (Wildman–Crippen MR) is 102 cm³/mol. The van der Waals surface area contributed by atoms with Crippen LogP contribution >= 0.6 is 0 Å². The molecule has 0 bridgehead atoms. The lowest BCUT2D eigenvalue weighted by Crippen LogP contribution is -2.07. The highest BCUT2D eigenvalue weighted by Crippen LogP contribution is 2.37. The highest BCUT2D eigenvalue weighted by Gasteiger charge is 2.25. The molecule has 128 valence electrons. The molecule has 25 heavy (non-hydrogen) atoms. The van der Waals surface area contributed by atoms with Crippen molar-refractivity contribution in [1.29, 1.82) is 0 Å². The average molecular weight is 333 g/mol. The summed E-state index contributed by atoms with van der Waals surface area (Å²) in [5.74, 6) is 2.41. The van der Waals surface area contributed by atoms with Gasteiger partial charge in [-0.1, -0.05) is 44.2 Å².